The van der Waals surface area contributed by atoms with E-state index in [9.17, 15) is 4.79 Å². The Morgan fingerprint density at radius 3 is 3.11 bits per heavy atom. The van der Waals surface area contributed by atoms with E-state index < -0.39 is 6.04 Å². The Hall–Kier alpha value is -2.22. The molecule has 8 nitrogen and oxygen atoms in total. The van der Waals surface area contributed by atoms with Crippen molar-refractivity contribution in [1.29, 1.82) is 0 Å². The van der Waals surface area contributed by atoms with Gasteiger partial charge >= 0.3 is 0 Å². The first-order valence-electron chi connectivity index (χ1n) is 6.03. The van der Waals surface area contributed by atoms with Crippen molar-refractivity contribution in [2.24, 2.45) is 12.8 Å². The normalized spacial score (nSPS) is 12.3. The van der Waals surface area contributed by atoms with Crippen molar-refractivity contribution in [3.05, 3.63) is 30.1 Å². The third-order valence-corrected chi connectivity index (χ3v) is 2.72. The van der Waals surface area contributed by atoms with Crippen molar-refractivity contribution in [3.63, 3.8) is 0 Å². The summed E-state index contributed by atoms with van der Waals surface area (Å²) in [5.74, 6) is 0.608. The molecule has 0 aliphatic carbocycles. The van der Waals surface area contributed by atoms with Gasteiger partial charge in [0.1, 0.15) is 18.2 Å². The number of carbonyl (C=O) groups is 1. The molecular formula is C11H17N7O. The van der Waals surface area contributed by atoms with Gasteiger partial charge in [-0.2, -0.15) is 10.2 Å². The summed E-state index contributed by atoms with van der Waals surface area (Å²) in [6.07, 6.45) is 6.31. The highest BCUT2D eigenvalue weighted by Gasteiger charge is 2.16. The first-order chi connectivity index (χ1) is 9.16. The molecular weight excluding hydrogens is 246 g/mol. The number of H-pyrrole nitrogens is 1. The largest absolute Gasteiger partial charge is 0.354 e. The van der Waals surface area contributed by atoms with Crippen LogP contribution in [0.15, 0.2) is 18.7 Å². The number of nitrogens with one attached hydrogen (secondary N) is 2. The van der Waals surface area contributed by atoms with E-state index in [2.05, 4.69) is 25.6 Å². The molecule has 2 rings (SSSR count). The summed E-state index contributed by atoms with van der Waals surface area (Å²) in [6, 6.07) is -0.682. The third-order valence-electron chi connectivity index (χ3n) is 2.72. The van der Waals surface area contributed by atoms with E-state index in [4.69, 9.17) is 5.73 Å². The van der Waals surface area contributed by atoms with Crippen molar-refractivity contribution in [2.45, 2.75) is 18.9 Å². The average Bonchev–Trinajstić information content (AvgIpc) is 3.04. The Morgan fingerprint density at radius 1 is 1.63 bits per heavy atom. The van der Waals surface area contributed by atoms with E-state index in [1.54, 1.807) is 24.1 Å². The van der Waals surface area contributed by atoms with Crippen LogP contribution in [0.25, 0.3) is 0 Å². The number of amides is 1. The molecule has 0 saturated heterocycles. The molecule has 0 aliphatic rings. The molecule has 0 radical (unpaired) electrons. The van der Waals surface area contributed by atoms with Crippen LogP contribution in [0.4, 0.5) is 0 Å². The van der Waals surface area contributed by atoms with Crippen molar-refractivity contribution < 1.29 is 4.79 Å². The van der Waals surface area contributed by atoms with Crippen molar-refractivity contribution in [2.75, 3.05) is 6.54 Å². The summed E-state index contributed by atoms with van der Waals surface area (Å²) in [6.45, 7) is 0.549. The second kappa shape index (κ2) is 6.10. The molecule has 4 N–H and O–H groups in total. The summed E-state index contributed by atoms with van der Waals surface area (Å²) >= 11 is 0. The van der Waals surface area contributed by atoms with Crippen LogP contribution in [0.3, 0.4) is 0 Å². The first-order valence-corrected chi connectivity index (χ1v) is 6.03. The molecule has 19 heavy (non-hydrogen) atoms. The molecule has 2 heterocycles. The average molecular weight is 263 g/mol. The molecule has 0 aromatic carbocycles. The highest BCUT2D eigenvalue weighted by atomic mass is 16.2. The lowest BCUT2D eigenvalue weighted by atomic mass is 10.1. The maximum Gasteiger partial charge on any atom is 0.241 e. The number of carbonyl (C=O) groups excluding carboxylic acids is 1. The van der Waals surface area contributed by atoms with E-state index in [-0.39, 0.29) is 5.91 Å². The minimum atomic E-state index is -0.682. The van der Waals surface area contributed by atoms with Crippen LogP contribution in [0.1, 0.15) is 23.9 Å². The second-order valence-electron chi connectivity index (χ2n) is 4.25. The second-order valence-corrected chi connectivity index (χ2v) is 4.25. The smallest absolute Gasteiger partial charge is 0.241 e. The van der Waals surface area contributed by atoms with Gasteiger partial charge in [0.25, 0.3) is 0 Å². The summed E-state index contributed by atoms with van der Waals surface area (Å²) < 4.78 is 1.62. The van der Waals surface area contributed by atoms with E-state index >= 15 is 0 Å². The summed E-state index contributed by atoms with van der Waals surface area (Å²) in [7, 11) is 1.78. The SMILES string of the molecule is Cn1cc(C(N)C(=O)NCCCc2ncn[nH]2)cn1. The zero-order valence-corrected chi connectivity index (χ0v) is 10.7. The molecule has 2 aromatic rings. The Balaban J connectivity index is 1.72. The number of hydrogen-bond acceptors (Lipinski definition) is 5. The Labute approximate surface area is 110 Å². The van der Waals surface area contributed by atoms with Crippen molar-refractivity contribution in [3.8, 4) is 0 Å². The number of nitrogens with two attached hydrogens (primary N) is 1. The van der Waals surface area contributed by atoms with Gasteiger partial charge < -0.3 is 11.1 Å². The fourth-order valence-corrected chi connectivity index (χ4v) is 1.68. The zero-order chi connectivity index (χ0) is 13.7. The zero-order valence-electron chi connectivity index (χ0n) is 10.7. The van der Waals surface area contributed by atoms with Gasteiger partial charge in [-0.3, -0.25) is 14.6 Å². The number of aromatic amines is 1. The number of aryl methyl sites for hydroxylation is 2. The number of rotatable bonds is 6. The van der Waals surface area contributed by atoms with Crippen LogP contribution in [0.2, 0.25) is 0 Å². The highest BCUT2D eigenvalue weighted by Crippen LogP contribution is 2.08. The van der Waals surface area contributed by atoms with Crippen LogP contribution in [0, 0.1) is 0 Å². The van der Waals surface area contributed by atoms with Gasteiger partial charge in [-0.25, -0.2) is 4.98 Å². The predicted octanol–water partition coefficient (Wildman–Crippen LogP) is -0.713. The summed E-state index contributed by atoms with van der Waals surface area (Å²) in [5.41, 5.74) is 6.54. The van der Waals surface area contributed by atoms with Gasteiger partial charge in [0.2, 0.25) is 5.91 Å². The van der Waals surface area contributed by atoms with Gasteiger partial charge in [0, 0.05) is 31.8 Å². The Bertz CT molecular complexity index is 519. The number of aromatic nitrogens is 5. The van der Waals surface area contributed by atoms with E-state index in [0.717, 1.165) is 18.7 Å². The first kappa shape index (κ1) is 13.2. The third kappa shape index (κ3) is 3.62. The van der Waals surface area contributed by atoms with E-state index in [1.165, 1.54) is 6.33 Å². The van der Waals surface area contributed by atoms with Gasteiger partial charge in [0.15, 0.2) is 0 Å². The standard InChI is InChI=1S/C11H17N7O/c1-18-6-8(5-16-18)10(12)11(19)13-4-2-3-9-14-7-15-17-9/h5-7,10H,2-4,12H2,1H3,(H,13,19)(H,14,15,17). The predicted molar refractivity (Wildman–Crippen MR) is 67.8 cm³/mol. The molecule has 0 fully saturated rings. The molecule has 1 atom stereocenters. The monoisotopic (exact) mass is 263 g/mol. The molecule has 102 valence electrons. The lowest BCUT2D eigenvalue weighted by molar-refractivity contribution is -0.122. The lowest BCUT2D eigenvalue weighted by Crippen LogP contribution is -2.34. The van der Waals surface area contributed by atoms with Gasteiger partial charge in [0.05, 0.1) is 6.20 Å². The van der Waals surface area contributed by atoms with Crippen molar-refractivity contribution >= 4 is 5.91 Å². The molecule has 1 unspecified atom stereocenters. The minimum Gasteiger partial charge on any atom is -0.354 e. The summed E-state index contributed by atoms with van der Waals surface area (Å²) in [4.78, 5) is 15.8. The highest BCUT2D eigenvalue weighted by molar-refractivity contribution is 5.82. The van der Waals surface area contributed by atoms with Crippen LogP contribution in [-0.2, 0) is 18.3 Å². The molecule has 1 amide bonds. The number of nitrogens with zero attached hydrogens (tertiary/aromatic N) is 4. The Kier molecular flexibility index (Phi) is 4.24. The maximum absolute atomic E-state index is 11.8. The molecule has 0 spiro atoms. The van der Waals surface area contributed by atoms with E-state index in [1.807, 2.05) is 0 Å². The van der Waals surface area contributed by atoms with Crippen LogP contribution >= 0.6 is 0 Å². The fraction of sp³-hybridized carbons (Fsp3) is 0.455. The summed E-state index contributed by atoms with van der Waals surface area (Å²) in [5, 5.41) is 13.3. The van der Waals surface area contributed by atoms with Crippen LogP contribution in [0.5, 0.6) is 0 Å². The molecule has 0 bridgehead atoms. The minimum absolute atomic E-state index is 0.203. The van der Waals surface area contributed by atoms with Gasteiger partial charge in [-0.1, -0.05) is 0 Å². The topological polar surface area (TPSA) is 115 Å². The quantitative estimate of drug-likeness (QED) is 0.595. The van der Waals surface area contributed by atoms with E-state index in [0.29, 0.717) is 12.1 Å². The molecule has 8 heteroatoms. The van der Waals surface area contributed by atoms with Gasteiger partial charge in [-0.15, -0.1) is 0 Å². The van der Waals surface area contributed by atoms with Crippen LogP contribution in [-0.4, -0.2) is 37.4 Å². The van der Waals surface area contributed by atoms with Gasteiger partial charge in [-0.05, 0) is 6.42 Å². The number of hydrogen-bond donors (Lipinski definition) is 3. The molecule has 0 aliphatic heterocycles. The van der Waals surface area contributed by atoms with Crippen LogP contribution < -0.4 is 11.1 Å². The molecule has 0 saturated carbocycles. The maximum atomic E-state index is 11.8. The Morgan fingerprint density at radius 2 is 2.47 bits per heavy atom. The fourth-order valence-electron chi connectivity index (χ4n) is 1.68. The molecule has 2 aromatic heterocycles. The van der Waals surface area contributed by atoms with Crippen molar-refractivity contribution in [1.82, 2.24) is 30.3 Å². The lowest BCUT2D eigenvalue weighted by Gasteiger charge is -2.10.